The van der Waals surface area contributed by atoms with Crippen molar-refractivity contribution in [2.45, 2.75) is 37.6 Å². The molecule has 1 aliphatic carbocycles. The highest BCUT2D eigenvalue weighted by atomic mass is 16.5. The Labute approximate surface area is 159 Å². The van der Waals surface area contributed by atoms with Crippen LogP contribution in [0.2, 0.25) is 0 Å². The first-order chi connectivity index (χ1) is 13.3. The van der Waals surface area contributed by atoms with Gasteiger partial charge in [-0.15, -0.1) is 0 Å². The lowest BCUT2D eigenvalue weighted by Crippen LogP contribution is -2.59. The minimum atomic E-state index is -0.188. The van der Waals surface area contributed by atoms with Gasteiger partial charge in [0.1, 0.15) is 0 Å². The Hall–Kier alpha value is -2.25. The van der Waals surface area contributed by atoms with E-state index in [0.29, 0.717) is 18.0 Å². The molecular weight excluding hydrogens is 344 g/mol. The number of amides is 1. The van der Waals surface area contributed by atoms with Crippen LogP contribution in [0.1, 0.15) is 42.6 Å². The summed E-state index contributed by atoms with van der Waals surface area (Å²) in [5, 5.41) is 7.06. The fourth-order valence-electron chi connectivity index (χ4n) is 4.21. The first kappa shape index (κ1) is 18.1. The molecule has 144 valence electrons. The summed E-state index contributed by atoms with van der Waals surface area (Å²) in [5.41, 5.74) is 1.15. The van der Waals surface area contributed by atoms with E-state index < -0.39 is 0 Å². The zero-order valence-corrected chi connectivity index (χ0v) is 15.5. The molecule has 0 spiro atoms. The Kier molecular flexibility index (Phi) is 5.50. The van der Waals surface area contributed by atoms with E-state index in [9.17, 15) is 4.79 Å². The van der Waals surface area contributed by atoms with Crippen LogP contribution in [0.25, 0.3) is 11.3 Å². The summed E-state index contributed by atoms with van der Waals surface area (Å²) in [5.74, 6) is 0.362. The second-order valence-electron chi connectivity index (χ2n) is 7.39. The van der Waals surface area contributed by atoms with Gasteiger partial charge in [-0.05, 0) is 25.0 Å². The lowest BCUT2D eigenvalue weighted by Gasteiger charge is -2.48. The van der Waals surface area contributed by atoms with Crippen LogP contribution in [0.15, 0.2) is 35.1 Å². The zero-order valence-electron chi connectivity index (χ0n) is 15.5. The van der Waals surface area contributed by atoms with Crippen LogP contribution in [-0.4, -0.2) is 59.3 Å². The van der Waals surface area contributed by atoms with Gasteiger partial charge < -0.3 is 14.6 Å². The molecule has 2 aliphatic rings. The van der Waals surface area contributed by atoms with Crippen LogP contribution in [-0.2, 0) is 4.74 Å². The molecule has 7 heteroatoms. The van der Waals surface area contributed by atoms with Crippen LogP contribution in [0.4, 0.5) is 0 Å². The van der Waals surface area contributed by atoms with Gasteiger partial charge in [0.2, 0.25) is 0 Å². The normalized spacial score (nSPS) is 20.3. The lowest BCUT2D eigenvalue weighted by atomic mass is 9.79. The molecular formula is C20H26N4O3. The van der Waals surface area contributed by atoms with Crippen molar-refractivity contribution in [2.24, 2.45) is 0 Å². The molecule has 1 saturated carbocycles. The monoisotopic (exact) mass is 370 g/mol. The van der Waals surface area contributed by atoms with Gasteiger partial charge in [-0.2, -0.15) is 0 Å². The molecule has 4 rings (SSSR count). The molecule has 0 unspecified atom stereocenters. The summed E-state index contributed by atoms with van der Waals surface area (Å²) in [4.78, 5) is 19.2. The lowest BCUT2D eigenvalue weighted by molar-refractivity contribution is -0.0361. The van der Waals surface area contributed by atoms with Crippen molar-refractivity contribution >= 4 is 5.91 Å². The molecule has 0 bridgehead atoms. The van der Waals surface area contributed by atoms with E-state index in [2.05, 4.69) is 20.4 Å². The van der Waals surface area contributed by atoms with E-state index >= 15 is 0 Å². The van der Waals surface area contributed by atoms with Gasteiger partial charge in [0.05, 0.1) is 13.2 Å². The SMILES string of the molecule is O=C(NCC1(N2CCOCC2)CCCCC1)c1cc(-c2cccnc2)on1. The highest BCUT2D eigenvalue weighted by Gasteiger charge is 2.39. The first-order valence-corrected chi connectivity index (χ1v) is 9.75. The Morgan fingerprint density at radius 2 is 2.04 bits per heavy atom. The number of hydrogen-bond acceptors (Lipinski definition) is 6. The molecule has 2 aromatic heterocycles. The predicted molar refractivity (Wildman–Crippen MR) is 100 cm³/mol. The number of nitrogens with zero attached hydrogens (tertiary/aromatic N) is 3. The summed E-state index contributed by atoms with van der Waals surface area (Å²) in [6.07, 6.45) is 9.32. The highest BCUT2D eigenvalue weighted by Crippen LogP contribution is 2.34. The molecule has 2 aromatic rings. The molecule has 1 amide bonds. The third-order valence-electron chi connectivity index (χ3n) is 5.73. The second-order valence-corrected chi connectivity index (χ2v) is 7.39. The maximum atomic E-state index is 12.7. The zero-order chi connectivity index (χ0) is 18.5. The molecule has 3 heterocycles. The molecule has 1 aliphatic heterocycles. The van der Waals surface area contributed by atoms with Crippen LogP contribution in [0.5, 0.6) is 0 Å². The maximum absolute atomic E-state index is 12.7. The molecule has 1 saturated heterocycles. The second kappa shape index (κ2) is 8.19. The molecule has 0 aromatic carbocycles. The van der Waals surface area contributed by atoms with E-state index in [1.165, 1.54) is 19.3 Å². The first-order valence-electron chi connectivity index (χ1n) is 9.75. The average molecular weight is 370 g/mol. The van der Waals surface area contributed by atoms with Crippen LogP contribution in [0.3, 0.4) is 0 Å². The van der Waals surface area contributed by atoms with Crippen molar-refractivity contribution in [3.63, 3.8) is 0 Å². The molecule has 0 atom stereocenters. The van der Waals surface area contributed by atoms with Crippen molar-refractivity contribution < 1.29 is 14.1 Å². The number of carbonyl (C=O) groups is 1. The van der Waals surface area contributed by atoms with Gasteiger partial charge in [-0.25, -0.2) is 0 Å². The molecule has 1 N–H and O–H groups in total. The number of pyridine rings is 1. The summed E-state index contributed by atoms with van der Waals surface area (Å²) >= 11 is 0. The number of carbonyl (C=O) groups excluding carboxylic acids is 1. The molecule has 27 heavy (non-hydrogen) atoms. The minimum absolute atomic E-state index is 0.0353. The third-order valence-corrected chi connectivity index (χ3v) is 5.73. The number of aromatic nitrogens is 2. The fourth-order valence-corrected chi connectivity index (χ4v) is 4.21. The van der Waals surface area contributed by atoms with Crippen LogP contribution < -0.4 is 5.32 Å². The van der Waals surface area contributed by atoms with Gasteiger partial charge in [-0.3, -0.25) is 14.7 Å². The summed E-state index contributed by atoms with van der Waals surface area (Å²) < 4.78 is 10.8. The van der Waals surface area contributed by atoms with Crippen molar-refractivity contribution in [3.8, 4) is 11.3 Å². The molecule has 0 radical (unpaired) electrons. The largest absolute Gasteiger partial charge is 0.379 e. The van der Waals surface area contributed by atoms with E-state index in [1.807, 2.05) is 12.1 Å². The Balaban J connectivity index is 1.43. The van der Waals surface area contributed by atoms with Gasteiger partial charge >= 0.3 is 0 Å². The van der Waals surface area contributed by atoms with Crippen molar-refractivity contribution in [3.05, 3.63) is 36.3 Å². The summed E-state index contributed by atoms with van der Waals surface area (Å²) in [6, 6.07) is 5.38. The summed E-state index contributed by atoms with van der Waals surface area (Å²) in [6.45, 7) is 4.05. The number of nitrogens with one attached hydrogen (secondary N) is 1. The maximum Gasteiger partial charge on any atom is 0.273 e. The topological polar surface area (TPSA) is 80.5 Å². The highest BCUT2D eigenvalue weighted by molar-refractivity contribution is 5.93. The number of morpholine rings is 1. The number of rotatable bonds is 5. The molecule has 2 fully saturated rings. The average Bonchev–Trinajstić information content (AvgIpc) is 3.24. The van der Waals surface area contributed by atoms with Crippen molar-refractivity contribution in [2.75, 3.05) is 32.8 Å². The van der Waals surface area contributed by atoms with Crippen LogP contribution >= 0.6 is 0 Å². The van der Waals surface area contributed by atoms with E-state index in [-0.39, 0.29) is 11.4 Å². The quantitative estimate of drug-likeness (QED) is 0.871. The fraction of sp³-hybridized carbons (Fsp3) is 0.550. The van der Waals surface area contributed by atoms with Crippen molar-refractivity contribution in [1.82, 2.24) is 20.4 Å². The number of ether oxygens (including phenoxy) is 1. The Morgan fingerprint density at radius 3 is 2.78 bits per heavy atom. The smallest absolute Gasteiger partial charge is 0.273 e. The standard InChI is InChI=1S/C20H26N4O3/c25-19(17-13-18(27-23-17)16-5-4-8-21-14-16)22-15-20(6-2-1-3-7-20)24-9-11-26-12-10-24/h4-5,8,13-14H,1-3,6-7,9-12,15H2,(H,22,25). The van der Waals surface area contributed by atoms with Gasteiger partial charge in [0, 0.05) is 49.2 Å². The van der Waals surface area contributed by atoms with Gasteiger partial charge in [0.25, 0.3) is 5.91 Å². The van der Waals surface area contributed by atoms with E-state index in [1.54, 1.807) is 18.5 Å². The Morgan fingerprint density at radius 1 is 1.22 bits per heavy atom. The van der Waals surface area contributed by atoms with Gasteiger partial charge in [0.15, 0.2) is 11.5 Å². The minimum Gasteiger partial charge on any atom is -0.379 e. The van der Waals surface area contributed by atoms with E-state index in [4.69, 9.17) is 9.26 Å². The number of hydrogen-bond donors (Lipinski definition) is 1. The van der Waals surface area contributed by atoms with Crippen molar-refractivity contribution in [1.29, 1.82) is 0 Å². The predicted octanol–water partition coefficient (Wildman–Crippen LogP) is 2.50. The third kappa shape index (κ3) is 4.04. The van der Waals surface area contributed by atoms with Gasteiger partial charge in [-0.1, -0.05) is 24.4 Å². The molecule has 7 nitrogen and oxygen atoms in total. The summed E-state index contributed by atoms with van der Waals surface area (Å²) in [7, 11) is 0. The van der Waals surface area contributed by atoms with E-state index in [0.717, 1.165) is 44.7 Å². The van der Waals surface area contributed by atoms with Crippen LogP contribution in [0, 0.1) is 0 Å². The Bertz CT molecular complexity index is 750.